The first-order chi connectivity index (χ1) is 9.18. The van der Waals surface area contributed by atoms with E-state index >= 15 is 0 Å². The molecule has 1 atom stereocenters. The second kappa shape index (κ2) is 4.53. The first-order valence-corrected chi connectivity index (χ1v) is 6.46. The second-order valence-corrected chi connectivity index (χ2v) is 4.87. The number of nitrogens with zero attached hydrogens (tertiary/aromatic N) is 4. The molecule has 6 nitrogen and oxygen atoms in total. The van der Waals surface area contributed by atoms with Crippen LogP contribution in [0.15, 0.2) is 18.6 Å². The molecule has 1 unspecified atom stereocenters. The fourth-order valence-corrected chi connectivity index (χ4v) is 2.75. The fourth-order valence-electron chi connectivity index (χ4n) is 2.75. The van der Waals surface area contributed by atoms with Crippen LogP contribution in [0.5, 0.6) is 0 Å². The number of amides is 1. The summed E-state index contributed by atoms with van der Waals surface area (Å²) in [5.41, 5.74) is 1.84. The molecule has 1 saturated heterocycles. The smallest absolute Gasteiger partial charge is 0.407 e. The molecule has 0 saturated carbocycles. The van der Waals surface area contributed by atoms with Gasteiger partial charge in [0.25, 0.3) is 0 Å². The number of aromatic nitrogens is 3. The number of imidazole rings is 1. The molecule has 0 aliphatic carbocycles. The molecule has 100 valence electrons. The standard InChI is InChI=1S/C13H16N4O2/c1-9-11-8-15-12(16(11)7-5-14-9)10-4-2-3-6-17(10)13(18)19/h5,7-8,10H,2-4,6H2,1H3,(H,18,19). The predicted molar refractivity (Wildman–Crippen MR) is 69.0 cm³/mol. The van der Waals surface area contributed by atoms with Crippen molar-refractivity contribution < 1.29 is 9.90 Å². The Bertz CT molecular complexity index is 622. The zero-order valence-electron chi connectivity index (χ0n) is 10.8. The van der Waals surface area contributed by atoms with Crippen molar-refractivity contribution in [1.82, 2.24) is 19.3 Å². The van der Waals surface area contributed by atoms with Crippen molar-refractivity contribution in [1.29, 1.82) is 0 Å². The first kappa shape index (κ1) is 12.0. The van der Waals surface area contributed by atoms with E-state index in [2.05, 4.69) is 9.97 Å². The Balaban J connectivity index is 2.07. The minimum atomic E-state index is -0.868. The molecule has 1 aliphatic heterocycles. The van der Waals surface area contributed by atoms with E-state index in [1.807, 2.05) is 17.5 Å². The molecule has 1 N–H and O–H groups in total. The van der Waals surface area contributed by atoms with Gasteiger partial charge in [-0.2, -0.15) is 0 Å². The van der Waals surface area contributed by atoms with E-state index in [1.165, 1.54) is 4.90 Å². The maximum atomic E-state index is 11.3. The average Bonchev–Trinajstić information content (AvgIpc) is 2.84. The number of rotatable bonds is 1. The normalized spacial score (nSPS) is 19.8. The van der Waals surface area contributed by atoms with Crippen molar-refractivity contribution in [3.63, 3.8) is 0 Å². The molecular formula is C13H16N4O2. The van der Waals surface area contributed by atoms with E-state index in [-0.39, 0.29) is 6.04 Å². The van der Waals surface area contributed by atoms with Gasteiger partial charge in [0.1, 0.15) is 5.82 Å². The van der Waals surface area contributed by atoms with E-state index in [0.29, 0.717) is 6.54 Å². The van der Waals surface area contributed by atoms with Crippen LogP contribution in [-0.2, 0) is 0 Å². The highest BCUT2D eigenvalue weighted by Crippen LogP contribution is 2.30. The van der Waals surface area contributed by atoms with E-state index in [4.69, 9.17) is 0 Å². The summed E-state index contributed by atoms with van der Waals surface area (Å²) in [4.78, 5) is 21.5. The Hall–Kier alpha value is -2.11. The van der Waals surface area contributed by atoms with Crippen LogP contribution in [0.3, 0.4) is 0 Å². The molecule has 0 aromatic carbocycles. The SMILES string of the molecule is Cc1nccn2c(C3CCCCN3C(=O)O)ncc12. The summed E-state index contributed by atoms with van der Waals surface area (Å²) in [6.45, 7) is 2.51. The third kappa shape index (κ3) is 1.93. The zero-order valence-corrected chi connectivity index (χ0v) is 10.8. The largest absolute Gasteiger partial charge is 0.465 e. The third-order valence-electron chi connectivity index (χ3n) is 3.73. The summed E-state index contributed by atoms with van der Waals surface area (Å²) in [5.74, 6) is 0.794. The van der Waals surface area contributed by atoms with Crippen molar-refractivity contribution >= 4 is 11.6 Å². The maximum absolute atomic E-state index is 11.3. The van der Waals surface area contributed by atoms with Crippen LogP contribution in [0, 0.1) is 6.92 Å². The van der Waals surface area contributed by atoms with Gasteiger partial charge < -0.3 is 5.11 Å². The van der Waals surface area contributed by atoms with Crippen LogP contribution in [0.2, 0.25) is 0 Å². The second-order valence-electron chi connectivity index (χ2n) is 4.87. The lowest BCUT2D eigenvalue weighted by Crippen LogP contribution is -2.38. The van der Waals surface area contributed by atoms with Crippen LogP contribution in [-0.4, -0.2) is 37.0 Å². The molecule has 0 bridgehead atoms. The fraction of sp³-hybridized carbons (Fsp3) is 0.462. The topological polar surface area (TPSA) is 70.7 Å². The molecule has 1 amide bonds. The number of carboxylic acid groups (broad SMARTS) is 1. The van der Waals surface area contributed by atoms with Gasteiger partial charge in [0.2, 0.25) is 0 Å². The molecular weight excluding hydrogens is 244 g/mol. The monoisotopic (exact) mass is 260 g/mol. The number of hydrogen-bond acceptors (Lipinski definition) is 3. The molecule has 1 aliphatic rings. The number of fused-ring (bicyclic) bond motifs is 1. The van der Waals surface area contributed by atoms with Gasteiger partial charge in [-0.05, 0) is 26.2 Å². The van der Waals surface area contributed by atoms with Crippen molar-refractivity contribution in [3.05, 3.63) is 30.1 Å². The predicted octanol–water partition coefficient (Wildman–Crippen LogP) is 2.24. The Labute approximate surface area is 110 Å². The summed E-state index contributed by atoms with van der Waals surface area (Å²) in [7, 11) is 0. The highest BCUT2D eigenvalue weighted by atomic mass is 16.4. The van der Waals surface area contributed by atoms with Gasteiger partial charge in [-0.3, -0.25) is 14.3 Å². The van der Waals surface area contributed by atoms with Crippen LogP contribution in [0.25, 0.3) is 5.52 Å². The molecule has 6 heteroatoms. The van der Waals surface area contributed by atoms with Crippen molar-refractivity contribution in [2.24, 2.45) is 0 Å². The highest BCUT2D eigenvalue weighted by molar-refractivity contribution is 5.66. The average molecular weight is 260 g/mol. The van der Waals surface area contributed by atoms with Crippen LogP contribution in [0.4, 0.5) is 4.79 Å². The number of likely N-dealkylation sites (tertiary alicyclic amines) is 1. The summed E-state index contributed by atoms with van der Waals surface area (Å²) in [5, 5.41) is 9.31. The third-order valence-corrected chi connectivity index (χ3v) is 3.73. The minimum Gasteiger partial charge on any atom is -0.465 e. The summed E-state index contributed by atoms with van der Waals surface area (Å²) in [6.07, 6.45) is 7.26. The molecule has 19 heavy (non-hydrogen) atoms. The van der Waals surface area contributed by atoms with Gasteiger partial charge >= 0.3 is 6.09 Å². The van der Waals surface area contributed by atoms with Gasteiger partial charge in [0, 0.05) is 18.9 Å². The number of piperidine rings is 1. The summed E-state index contributed by atoms with van der Waals surface area (Å²) >= 11 is 0. The van der Waals surface area contributed by atoms with Crippen LogP contribution in [0.1, 0.15) is 36.8 Å². The molecule has 0 spiro atoms. The van der Waals surface area contributed by atoms with Crippen molar-refractivity contribution in [3.8, 4) is 0 Å². The number of aryl methyl sites for hydroxylation is 1. The Morgan fingerprint density at radius 2 is 2.26 bits per heavy atom. The molecule has 0 radical (unpaired) electrons. The number of hydrogen-bond donors (Lipinski definition) is 1. The van der Waals surface area contributed by atoms with Crippen molar-refractivity contribution in [2.75, 3.05) is 6.54 Å². The molecule has 1 fully saturated rings. The van der Waals surface area contributed by atoms with E-state index in [0.717, 1.165) is 36.3 Å². The van der Waals surface area contributed by atoms with Crippen LogP contribution < -0.4 is 0 Å². The summed E-state index contributed by atoms with van der Waals surface area (Å²) in [6, 6.07) is -0.157. The van der Waals surface area contributed by atoms with Gasteiger partial charge in [0.05, 0.1) is 23.4 Å². The van der Waals surface area contributed by atoms with Gasteiger partial charge in [-0.1, -0.05) is 0 Å². The van der Waals surface area contributed by atoms with E-state index < -0.39 is 6.09 Å². The molecule has 3 heterocycles. The van der Waals surface area contributed by atoms with Gasteiger partial charge in [-0.15, -0.1) is 0 Å². The Morgan fingerprint density at radius 3 is 3.05 bits per heavy atom. The zero-order chi connectivity index (χ0) is 13.4. The minimum absolute atomic E-state index is 0.157. The maximum Gasteiger partial charge on any atom is 0.407 e. The first-order valence-electron chi connectivity index (χ1n) is 6.46. The number of carbonyl (C=O) groups is 1. The Kier molecular flexibility index (Phi) is 2.85. The lowest BCUT2D eigenvalue weighted by atomic mass is 10.0. The van der Waals surface area contributed by atoms with Gasteiger partial charge in [-0.25, -0.2) is 9.78 Å². The van der Waals surface area contributed by atoms with Crippen molar-refractivity contribution in [2.45, 2.75) is 32.2 Å². The van der Waals surface area contributed by atoms with E-state index in [9.17, 15) is 9.90 Å². The van der Waals surface area contributed by atoms with E-state index in [1.54, 1.807) is 12.4 Å². The highest BCUT2D eigenvalue weighted by Gasteiger charge is 2.30. The van der Waals surface area contributed by atoms with Gasteiger partial charge in [0.15, 0.2) is 0 Å². The summed E-state index contributed by atoms with van der Waals surface area (Å²) < 4.78 is 1.95. The lowest BCUT2D eigenvalue weighted by molar-refractivity contribution is 0.103. The lowest BCUT2D eigenvalue weighted by Gasteiger charge is -2.32. The quantitative estimate of drug-likeness (QED) is 0.853. The Morgan fingerprint density at radius 1 is 1.42 bits per heavy atom. The molecule has 2 aromatic heterocycles. The molecule has 3 rings (SSSR count). The molecule has 2 aromatic rings. The van der Waals surface area contributed by atoms with Crippen LogP contribution >= 0.6 is 0 Å².